The van der Waals surface area contributed by atoms with Crippen molar-refractivity contribution in [3.63, 3.8) is 0 Å². The number of nitrogens with zero attached hydrogens (tertiary/aromatic N) is 3. The van der Waals surface area contributed by atoms with Crippen LogP contribution in [0.3, 0.4) is 0 Å². The Kier molecular flexibility index (Phi) is 5.20. The summed E-state index contributed by atoms with van der Waals surface area (Å²) in [6.07, 6.45) is 1.73. The topological polar surface area (TPSA) is 78.7 Å². The number of hydrogen-bond acceptors (Lipinski definition) is 5. The summed E-state index contributed by atoms with van der Waals surface area (Å²) in [5.41, 5.74) is 0.392. The lowest BCUT2D eigenvalue weighted by molar-refractivity contribution is 0.264. The summed E-state index contributed by atoms with van der Waals surface area (Å²) < 4.78 is 31.8. The number of thiocarbonyl (C=S) groups is 1. The molecule has 0 unspecified atom stereocenters. The SMILES string of the molecule is C=CCNC(=S)N1CCN(S(=O)(=O)c2c(C)noc2C)CC1. The highest BCUT2D eigenvalue weighted by atomic mass is 32.2. The molecule has 0 amide bonds. The van der Waals surface area contributed by atoms with Gasteiger partial charge in [0.15, 0.2) is 10.9 Å². The summed E-state index contributed by atoms with van der Waals surface area (Å²) in [5.74, 6) is 0.322. The number of hydrogen-bond donors (Lipinski definition) is 1. The van der Waals surface area contributed by atoms with Crippen LogP contribution < -0.4 is 5.32 Å². The summed E-state index contributed by atoms with van der Waals surface area (Å²) in [6, 6.07) is 0. The molecule has 0 spiro atoms. The quantitative estimate of drug-likeness (QED) is 0.635. The van der Waals surface area contributed by atoms with Crippen molar-refractivity contribution in [2.24, 2.45) is 0 Å². The van der Waals surface area contributed by atoms with E-state index >= 15 is 0 Å². The molecule has 2 rings (SSSR count). The first-order valence-electron chi connectivity index (χ1n) is 6.94. The van der Waals surface area contributed by atoms with Crippen LogP contribution in [0, 0.1) is 13.8 Å². The number of aryl methyl sites for hydroxylation is 2. The highest BCUT2D eigenvalue weighted by Crippen LogP contribution is 2.24. The van der Waals surface area contributed by atoms with Gasteiger partial charge in [-0.05, 0) is 26.1 Å². The third-order valence-electron chi connectivity index (χ3n) is 3.49. The van der Waals surface area contributed by atoms with Gasteiger partial charge < -0.3 is 14.7 Å². The van der Waals surface area contributed by atoms with Gasteiger partial charge in [-0.25, -0.2) is 8.42 Å². The first-order chi connectivity index (χ1) is 10.4. The Morgan fingerprint density at radius 2 is 2.05 bits per heavy atom. The molecule has 0 atom stereocenters. The molecule has 0 aromatic carbocycles. The molecule has 2 heterocycles. The summed E-state index contributed by atoms with van der Waals surface area (Å²) in [5, 5.41) is 7.39. The fourth-order valence-electron chi connectivity index (χ4n) is 2.37. The lowest BCUT2D eigenvalue weighted by atomic mass is 10.4. The van der Waals surface area contributed by atoms with Gasteiger partial charge in [0.2, 0.25) is 10.0 Å². The van der Waals surface area contributed by atoms with Gasteiger partial charge in [0, 0.05) is 32.7 Å². The molecule has 0 bridgehead atoms. The van der Waals surface area contributed by atoms with Crippen LogP contribution in [0.15, 0.2) is 22.1 Å². The minimum absolute atomic E-state index is 0.174. The Balaban J connectivity index is 2.05. The smallest absolute Gasteiger partial charge is 0.248 e. The minimum atomic E-state index is -3.58. The molecule has 0 aliphatic carbocycles. The number of nitrogens with one attached hydrogen (secondary N) is 1. The van der Waals surface area contributed by atoms with Crippen LogP contribution in [-0.4, -0.2) is 60.6 Å². The van der Waals surface area contributed by atoms with Crippen LogP contribution in [0.5, 0.6) is 0 Å². The fourth-order valence-corrected chi connectivity index (χ4v) is 4.35. The van der Waals surface area contributed by atoms with E-state index in [4.69, 9.17) is 16.7 Å². The molecular formula is C13H20N4O3S2. The molecule has 9 heteroatoms. The highest BCUT2D eigenvalue weighted by Gasteiger charge is 2.33. The zero-order chi connectivity index (χ0) is 16.3. The second kappa shape index (κ2) is 6.76. The third-order valence-corrected chi connectivity index (χ3v) is 6.04. The largest absolute Gasteiger partial charge is 0.360 e. The van der Waals surface area contributed by atoms with Gasteiger partial charge in [-0.15, -0.1) is 6.58 Å². The van der Waals surface area contributed by atoms with E-state index in [1.54, 1.807) is 19.9 Å². The molecule has 0 radical (unpaired) electrons. The van der Waals surface area contributed by atoms with E-state index in [0.717, 1.165) is 0 Å². The maximum atomic E-state index is 12.7. The fraction of sp³-hybridized carbons (Fsp3) is 0.538. The molecular weight excluding hydrogens is 324 g/mol. The standard InChI is InChI=1S/C13H20N4O3S2/c1-4-5-14-13(21)16-6-8-17(9-7-16)22(18,19)12-10(2)15-20-11(12)3/h4H,1,5-9H2,2-3H3,(H,14,21). The van der Waals surface area contributed by atoms with Crippen molar-refractivity contribution in [1.82, 2.24) is 19.7 Å². The second-order valence-corrected chi connectivity index (χ2v) is 7.28. The third kappa shape index (κ3) is 3.31. The van der Waals surface area contributed by atoms with Crippen molar-refractivity contribution < 1.29 is 12.9 Å². The van der Waals surface area contributed by atoms with Crippen LogP contribution >= 0.6 is 12.2 Å². The van der Waals surface area contributed by atoms with Gasteiger partial charge in [0.1, 0.15) is 10.6 Å². The summed E-state index contributed by atoms with van der Waals surface area (Å²) in [4.78, 5) is 2.13. The van der Waals surface area contributed by atoms with E-state index in [0.29, 0.717) is 49.3 Å². The molecule has 1 aromatic rings. The number of aromatic nitrogens is 1. The first kappa shape index (κ1) is 16.9. The zero-order valence-electron chi connectivity index (χ0n) is 12.7. The Labute approximate surface area is 136 Å². The molecule has 1 aliphatic rings. The molecule has 0 saturated carbocycles. The number of sulfonamides is 1. The van der Waals surface area contributed by atoms with Gasteiger partial charge in [-0.3, -0.25) is 0 Å². The Morgan fingerprint density at radius 3 is 2.55 bits per heavy atom. The molecule has 7 nitrogen and oxygen atoms in total. The predicted molar refractivity (Wildman–Crippen MR) is 87.1 cm³/mol. The molecule has 1 aliphatic heterocycles. The summed E-state index contributed by atoms with van der Waals surface area (Å²) in [7, 11) is -3.58. The van der Waals surface area contributed by atoms with E-state index in [9.17, 15) is 8.42 Å². The van der Waals surface area contributed by atoms with Crippen molar-refractivity contribution in [1.29, 1.82) is 0 Å². The lowest BCUT2D eigenvalue weighted by Gasteiger charge is -2.35. The second-order valence-electron chi connectivity index (χ2n) is 5.02. The maximum Gasteiger partial charge on any atom is 0.248 e. The normalized spacial score (nSPS) is 16.5. The van der Waals surface area contributed by atoms with Crippen LogP contribution in [0.4, 0.5) is 0 Å². The number of rotatable bonds is 4. The Morgan fingerprint density at radius 1 is 1.41 bits per heavy atom. The van der Waals surface area contributed by atoms with E-state index in [1.807, 2.05) is 4.90 Å². The van der Waals surface area contributed by atoms with Crippen molar-refractivity contribution in [2.45, 2.75) is 18.7 Å². The first-order valence-corrected chi connectivity index (χ1v) is 8.79. The van der Waals surface area contributed by atoms with Crippen molar-refractivity contribution >= 4 is 27.4 Å². The molecule has 1 aromatic heterocycles. The van der Waals surface area contributed by atoms with Crippen LogP contribution in [0.1, 0.15) is 11.5 Å². The van der Waals surface area contributed by atoms with Gasteiger partial charge in [0.05, 0.1) is 0 Å². The van der Waals surface area contributed by atoms with Crippen LogP contribution in [0.25, 0.3) is 0 Å². The van der Waals surface area contributed by atoms with Crippen molar-refractivity contribution in [3.05, 3.63) is 24.1 Å². The molecule has 22 heavy (non-hydrogen) atoms. The van der Waals surface area contributed by atoms with E-state index < -0.39 is 10.0 Å². The van der Waals surface area contributed by atoms with Gasteiger partial charge >= 0.3 is 0 Å². The Hall–Kier alpha value is -1.45. The van der Waals surface area contributed by atoms with Gasteiger partial charge in [-0.2, -0.15) is 4.31 Å². The number of piperazine rings is 1. The predicted octanol–water partition coefficient (Wildman–Crippen LogP) is 0.658. The van der Waals surface area contributed by atoms with Crippen LogP contribution in [0.2, 0.25) is 0 Å². The zero-order valence-corrected chi connectivity index (χ0v) is 14.3. The van der Waals surface area contributed by atoms with E-state index in [-0.39, 0.29) is 4.90 Å². The molecule has 1 saturated heterocycles. The average Bonchev–Trinajstić information content (AvgIpc) is 2.84. The molecule has 1 fully saturated rings. The minimum Gasteiger partial charge on any atom is -0.360 e. The van der Waals surface area contributed by atoms with Gasteiger partial charge in [0.25, 0.3) is 0 Å². The molecule has 122 valence electrons. The monoisotopic (exact) mass is 344 g/mol. The van der Waals surface area contributed by atoms with Crippen molar-refractivity contribution in [2.75, 3.05) is 32.7 Å². The summed E-state index contributed by atoms with van der Waals surface area (Å²) in [6.45, 7) is 9.31. The highest BCUT2D eigenvalue weighted by molar-refractivity contribution is 7.89. The van der Waals surface area contributed by atoms with Gasteiger partial charge in [-0.1, -0.05) is 11.2 Å². The summed E-state index contributed by atoms with van der Waals surface area (Å²) >= 11 is 5.27. The van der Waals surface area contributed by atoms with E-state index in [1.165, 1.54) is 4.31 Å². The van der Waals surface area contributed by atoms with Crippen LogP contribution in [-0.2, 0) is 10.0 Å². The van der Waals surface area contributed by atoms with E-state index in [2.05, 4.69) is 17.1 Å². The van der Waals surface area contributed by atoms with Crippen molar-refractivity contribution in [3.8, 4) is 0 Å². The maximum absolute atomic E-state index is 12.7. The average molecular weight is 344 g/mol. The Bertz CT molecular complexity index is 641. The molecule has 1 N–H and O–H groups in total. The lowest BCUT2D eigenvalue weighted by Crippen LogP contribution is -2.53.